The first-order valence-electron chi connectivity index (χ1n) is 8.31. The van der Waals surface area contributed by atoms with Gasteiger partial charge in [-0.05, 0) is 25.0 Å². The number of aryl methyl sites for hydroxylation is 1. The summed E-state index contributed by atoms with van der Waals surface area (Å²) in [5, 5.41) is 1.11. The molecule has 0 spiro atoms. The van der Waals surface area contributed by atoms with E-state index in [1.54, 1.807) is 0 Å². The molecule has 2 aliphatic heterocycles. The number of nitrogens with zero attached hydrogens (tertiary/aromatic N) is 2. The Balaban J connectivity index is 1.56. The largest absolute Gasteiger partial charge is 0.350 e. The molecule has 2 aromatic rings. The molecule has 3 heterocycles. The molecule has 2 saturated heterocycles. The van der Waals surface area contributed by atoms with Crippen molar-refractivity contribution >= 4 is 16.8 Å². The van der Waals surface area contributed by atoms with Gasteiger partial charge in [0.25, 0.3) is 5.91 Å². The van der Waals surface area contributed by atoms with Gasteiger partial charge < -0.3 is 18.9 Å². The number of rotatable bonds is 2. The summed E-state index contributed by atoms with van der Waals surface area (Å²) in [4.78, 5) is 14.9. The van der Waals surface area contributed by atoms with Crippen LogP contribution in [0.25, 0.3) is 10.9 Å². The van der Waals surface area contributed by atoms with Crippen LogP contribution in [0, 0.1) is 5.92 Å². The first-order valence-corrected chi connectivity index (χ1v) is 8.31. The van der Waals surface area contributed by atoms with Gasteiger partial charge in [-0.1, -0.05) is 18.2 Å². The molecule has 0 saturated carbocycles. The van der Waals surface area contributed by atoms with Crippen LogP contribution in [0.2, 0.25) is 0 Å². The van der Waals surface area contributed by atoms with Crippen LogP contribution in [0.15, 0.2) is 30.3 Å². The van der Waals surface area contributed by atoms with Gasteiger partial charge in [0.2, 0.25) is 0 Å². The number of amides is 1. The number of hydrogen-bond acceptors (Lipinski definition) is 3. The molecule has 1 aromatic heterocycles. The molecule has 4 rings (SSSR count). The van der Waals surface area contributed by atoms with Crippen molar-refractivity contribution in [3.05, 3.63) is 36.0 Å². The Hall–Kier alpha value is -1.85. The molecule has 0 aliphatic carbocycles. The second-order valence-corrected chi connectivity index (χ2v) is 6.41. The second-order valence-electron chi connectivity index (χ2n) is 6.41. The van der Waals surface area contributed by atoms with E-state index in [1.165, 1.54) is 0 Å². The predicted octanol–water partition coefficient (Wildman–Crippen LogP) is 2.40. The van der Waals surface area contributed by atoms with Gasteiger partial charge in [-0.2, -0.15) is 0 Å². The van der Waals surface area contributed by atoms with E-state index in [0.29, 0.717) is 19.8 Å². The van der Waals surface area contributed by atoms with E-state index >= 15 is 0 Å². The topological polar surface area (TPSA) is 43.7 Å². The number of ether oxygens (including phenoxy) is 2. The van der Waals surface area contributed by atoms with E-state index < -0.39 is 0 Å². The van der Waals surface area contributed by atoms with Gasteiger partial charge in [-0.3, -0.25) is 4.79 Å². The molecule has 0 bridgehead atoms. The molecule has 0 N–H and O–H groups in total. The molecule has 23 heavy (non-hydrogen) atoms. The van der Waals surface area contributed by atoms with Crippen LogP contribution in [0.3, 0.4) is 0 Å². The number of likely N-dealkylation sites (tertiary alicyclic amines) is 1. The highest BCUT2D eigenvalue weighted by molar-refractivity contribution is 5.98. The average molecular weight is 314 g/mol. The van der Waals surface area contributed by atoms with Gasteiger partial charge in [0, 0.05) is 37.0 Å². The Morgan fingerprint density at radius 2 is 2.00 bits per heavy atom. The summed E-state index contributed by atoms with van der Waals surface area (Å²) in [6.07, 6.45) is 1.92. The van der Waals surface area contributed by atoms with E-state index in [9.17, 15) is 4.79 Å². The standard InChI is InChI=1S/C18H22N2O3/c1-19-15-7-3-2-5-13(15)11-16(19)17(21)20-8-4-6-14(12-20)18-22-9-10-23-18/h2-3,5,7,11,14,18H,4,6,8-10,12H2,1H3. The van der Waals surface area contributed by atoms with Crippen molar-refractivity contribution < 1.29 is 14.3 Å². The van der Waals surface area contributed by atoms with Gasteiger partial charge >= 0.3 is 0 Å². The molecule has 5 nitrogen and oxygen atoms in total. The number of carbonyl (C=O) groups is 1. The lowest BCUT2D eigenvalue weighted by molar-refractivity contribution is -0.0969. The van der Waals surface area contributed by atoms with Crippen molar-refractivity contribution in [2.45, 2.75) is 19.1 Å². The molecule has 1 aromatic carbocycles. The number of piperidine rings is 1. The highest BCUT2D eigenvalue weighted by Gasteiger charge is 2.33. The fourth-order valence-corrected chi connectivity index (χ4v) is 3.72. The first kappa shape index (κ1) is 14.7. The Bertz CT molecular complexity index is 718. The van der Waals surface area contributed by atoms with Gasteiger partial charge in [0.1, 0.15) is 5.69 Å². The van der Waals surface area contributed by atoms with Crippen LogP contribution < -0.4 is 0 Å². The zero-order chi connectivity index (χ0) is 15.8. The predicted molar refractivity (Wildman–Crippen MR) is 87.2 cm³/mol. The summed E-state index contributed by atoms with van der Waals surface area (Å²) in [5.74, 6) is 0.385. The monoisotopic (exact) mass is 314 g/mol. The second kappa shape index (κ2) is 5.98. The lowest BCUT2D eigenvalue weighted by Crippen LogP contribution is -2.44. The van der Waals surface area contributed by atoms with Crippen LogP contribution >= 0.6 is 0 Å². The Morgan fingerprint density at radius 1 is 1.22 bits per heavy atom. The van der Waals surface area contributed by atoms with Crippen LogP contribution in [0.1, 0.15) is 23.3 Å². The van der Waals surface area contributed by atoms with Crippen molar-refractivity contribution in [3.63, 3.8) is 0 Å². The minimum absolute atomic E-state index is 0.103. The van der Waals surface area contributed by atoms with E-state index in [1.807, 2.05) is 46.8 Å². The number of fused-ring (bicyclic) bond motifs is 1. The summed E-state index contributed by atoms with van der Waals surface area (Å²) in [6, 6.07) is 10.1. The van der Waals surface area contributed by atoms with Crippen molar-refractivity contribution in [2.75, 3.05) is 26.3 Å². The first-order chi connectivity index (χ1) is 11.2. The minimum Gasteiger partial charge on any atom is -0.350 e. The lowest BCUT2D eigenvalue weighted by Gasteiger charge is -2.34. The molecule has 0 radical (unpaired) electrons. The van der Waals surface area contributed by atoms with Crippen molar-refractivity contribution in [2.24, 2.45) is 13.0 Å². The summed E-state index contributed by atoms with van der Waals surface area (Å²) in [6.45, 7) is 2.85. The number of carbonyl (C=O) groups excluding carboxylic acids is 1. The van der Waals surface area contributed by atoms with Crippen LogP contribution in [0.4, 0.5) is 0 Å². The number of aromatic nitrogens is 1. The highest BCUT2D eigenvalue weighted by Crippen LogP contribution is 2.27. The molecular weight excluding hydrogens is 292 g/mol. The summed E-state index contributed by atoms with van der Waals surface area (Å²) in [7, 11) is 1.96. The van der Waals surface area contributed by atoms with E-state index in [4.69, 9.17) is 9.47 Å². The summed E-state index contributed by atoms with van der Waals surface area (Å²) >= 11 is 0. The molecule has 122 valence electrons. The van der Waals surface area contributed by atoms with Crippen molar-refractivity contribution in [1.29, 1.82) is 0 Å². The molecule has 2 aliphatic rings. The Morgan fingerprint density at radius 3 is 2.78 bits per heavy atom. The van der Waals surface area contributed by atoms with Crippen molar-refractivity contribution in [3.8, 4) is 0 Å². The molecule has 2 fully saturated rings. The smallest absolute Gasteiger partial charge is 0.270 e. The third kappa shape index (κ3) is 2.64. The quantitative estimate of drug-likeness (QED) is 0.855. The Labute approximate surface area is 135 Å². The number of benzene rings is 1. The minimum atomic E-state index is -0.141. The average Bonchev–Trinajstić information content (AvgIpc) is 3.23. The van der Waals surface area contributed by atoms with Gasteiger partial charge in [0.15, 0.2) is 6.29 Å². The maximum absolute atomic E-state index is 13.0. The third-order valence-corrected chi connectivity index (χ3v) is 4.95. The van der Waals surface area contributed by atoms with Crippen molar-refractivity contribution in [1.82, 2.24) is 9.47 Å². The molecule has 1 unspecified atom stereocenters. The van der Waals surface area contributed by atoms with Gasteiger partial charge in [0.05, 0.1) is 13.2 Å². The third-order valence-electron chi connectivity index (χ3n) is 4.95. The molecule has 1 atom stereocenters. The van der Waals surface area contributed by atoms with Gasteiger partial charge in [-0.15, -0.1) is 0 Å². The van der Waals surface area contributed by atoms with Crippen LogP contribution in [0.5, 0.6) is 0 Å². The lowest BCUT2D eigenvalue weighted by atomic mass is 9.97. The fourth-order valence-electron chi connectivity index (χ4n) is 3.72. The van der Waals surface area contributed by atoms with Crippen LogP contribution in [-0.4, -0.2) is 48.0 Å². The van der Waals surface area contributed by atoms with Crippen LogP contribution in [-0.2, 0) is 16.5 Å². The van der Waals surface area contributed by atoms with Gasteiger partial charge in [-0.25, -0.2) is 0 Å². The summed E-state index contributed by atoms with van der Waals surface area (Å²) in [5.41, 5.74) is 1.84. The zero-order valence-corrected chi connectivity index (χ0v) is 13.4. The number of para-hydroxylation sites is 1. The maximum atomic E-state index is 13.0. The maximum Gasteiger partial charge on any atom is 0.270 e. The SMILES string of the molecule is Cn1c(C(=O)N2CCCC(C3OCCO3)C2)cc2ccccc21. The fraction of sp³-hybridized carbons (Fsp3) is 0.500. The summed E-state index contributed by atoms with van der Waals surface area (Å²) < 4.78 is 13.3. The van der Waals surface area contributed by atoms with E-state index in [0.717, 1.165) is 36.0 Å². The molecule has 1 amide bonds. The zero-order valence-electron chi connectivity index (χ0n) is 13.4. The molecular formula is C18H22N2O3. The van der Waals surface area contributed by atoms with E-state index in [2.05, 4.69) is 0 Å². The Kier molecular flexibility index (Phi) is 3.83. The van der Waals surface area contributed by atoms with E-state index in [-0.39, 0.29) is 18.1 Å². The molecule has 5 heteroatoms. The number of hydrogen-bond donors (Lipinski definition) is 0. The normalized spacial score (nSPS) is 22.8. The highest BCUT2D eigenvalue weighted by atomic mass is 16.7.